The lowest BCUT2D eigenvalue weighted by atomic mass is 9.94. The summed E-state index contributed by atoms with van der Waals surface area (Å²) in [6, 6.07) is 0. The van der Waals surface area contributed by atoms with Crippen LogP contribution in [0.4, 0.5) is 0 Å². The Morgan fingerprint density at radius 1 is 1.21 bits per heavy atom. The number of nitrogens with one attached hydrogen (secondary N) is 2. The van der Waals surface area contributed by atoms with Gasteiger partial charge in [0.15, 0.2) is 0 Å². The third kappa shape index (κ3) is 11.7. The van der Waals surface area contributed by atoms with Crippen LogP contribution in [-0.4, -0.2) is 35.6 Å². The zero-order valence-corrected chi connectivity index (χ0v) is 12.7. The van der Waals surface area contributed by atoms with Gasteiger partial charge in [0, 0.05) is 18.5 Å². The third-order valence-electron chi connectivity index (χ3n) is 2.64. The molecule has 0 fully saturated rings. The zero-order chi connectivity index (χ0) is 15.1. The van der Waals surface area contributed by atoms with Crippen LogP contribution in [0, 0.1) is 11.8 Å². The number of carbonyl (C=O) groups excluding carboxylic acids is 1. The van der Waals surface area contributed by atoms with Crippen molar-refractivity contribution < 1.29 is 14.7 Å². The van der Waals surface area contributed by atoms with Crippen LogP contribution in [0.2, 0.25) is 0 Å². The van der Waals surface area contributed by atoms with Crippen molar-refractivity contribution in [3.8, 4) is 0 Å². The van der Waals surface area contributed by atoms with Gasteiger partial charge in [-0.05, 0) is 39.0 Å². The molecular weight excluding hydrogens is 244 g/mol. The third-order valence-corrected chi connectivity index (χ3v) is 2.64. The van der Waals surface area contributed by atoms with Crippen molar-refractivity contribution in [1.82, 2.24) is 10.6 Å². The second-order valence-corrected chi connectivity index (χ2v) is 6.50. The molecule has 112 valence electrons. The highest BCUT2D eigenvalue weighted by atomic mass is 16.4. The van der Waals surface area contributed by atoms with E-state index in [-0.39, 0.29) is 30.3 Å². The fourth-order valence-corrected chi connectivity index (χ4v) is 1.82. The number of carboxylic acids is 1. The topological polar surface area (TPSA) is 78.4 Å². The van der Waals surface area contributed by atoms with Gasteiger partial charge in [0.05, 0.1) is 6.54 Å². The molecule has 0 saturated carbocycles. The monoisotopic (exact) mass is 272 g/mol. The molecule has 0 aromatic carbocycles. The van der Waals surface area contributed by atoms with Gasteiger partial charge in [-0.2, -0.15) is 0 Å². The largest absolute Gasteiger partial charge is 0.481 e. The first-order valence-electron chi connectivity index (χ1n) is 6.83. The summed E-state index contributed by atoms with van der Waals surface area (Å²) in [5, 5.41) is 14.7. The SMILES string of the molecule is CC(C)C[C@H](CNC(=O)CNC(C)(C)C)CC(=O)O. The van der Waals surface area contributed by atoms with E-state index in [0.29, 0.717) is 12.5 Å². The van der Waals surface area contributed by atoms with E-state index in [1.165, 1.54) is 0 Å². The first kappa shape index (κ1) is 17.9. The zero-order valence-electron chi connectivity index (χ0n) is 12.7. The molecular formula is C14H28N2O3. The van der Waals surface area contributed by atoms with Crippen molar-refractivity contribution in [1.29, 1.82) is 0 Å². The molecule has 0 spiro atoms. The van der Waals surface area contributed by atoms with Crippen molar-refractivity contribution in [3.63, 3.8) is 0 Å². The first-order valence-corrected chi connectivity index (χ1v) is 6.83. The summed E-state index contributed by atoms with van der Waals surface area (Å²) in [6.45, 7) is 10.8. The Morgan fingerprint density at radius 3 is 2.21 bits per heavy atom. The minimum Gasteiger partial charge on any atom is -0.481 e. The number of amides is 1. The maximum Gasteiger partial charge on any atom is 0.303 e. The molecule has 0 unspecified atom stereocenters. The molecule has 0 aromatic rings. The lowest BCUT2D eigenvalue weighted by Crippen LogP contribution is -2.44. The van der Waals surface area contributed by atoms with E-state index in [1.54, 1.807) is 0 Å². The summed E-state index contributed by atoms with van der Waals surface area (Å²) >= 11 is 0. The van der Waals surface area contributed by atoms with Gasteiger partial charge in [-0.3, -0.25) is 9.59 Å². The summed E-state index contributed by atoms with van der Waals surface area (Å²) in [7, 11) is 0. The minimum atomic E-state index is -0.812. The quantitative estimate of drug-likeness (QED) is 0.627. The number of carbonyl (C=O) groups is 2. The Bertz CT molecular complexity index is 296. The molecule has 0 aliphatic rings. The average Bonchev–Trinajstić information content (AvgIpc) is 2.20. The second kappa shape index (κ2) is 8.15. The highest BCUT2D eigenvalue weighted by Gasteiger charge is 2.17. The molecule has 0 bridgehead atoms. The van der Waals surface area contributed by atoms with Crippen LogP contribution in [0.25, 0.3) is 0 Å². The van der Waals surface area contributed by atoms with Crippen LogP contribution >= 0.6 is 0 Å². The molecule has 0 saturated heterocycles. The van der Waals surface area contributed by atoms with Crippen LogP contribution < -0.4 is 10.6 Å². The van der Waals surface area contributed by atoms with Gasteiger partial charge in [0.2, 0.25) is 5.91 Å². The fourth-order valence-electron chi connectivity index (χ4n) is 1.82. The van der Waals surface area contributed by atoms with Gasteiger partial charge in [0.25, 0.3) is 0 Å². The highest BCUT2D eigenvalue weighted by molar-refractivity contribution is 5.78. The van der Waals surface area contributed by atoms with E-state index in [0.717, 1.165) is 6.42 Å². The predicted octanol–water partition coefficient (Wildman–Crippen LogP) is 1.63. The maximum atomic E-state index is 11.6. The molecule has 3 N–H and O–H groups in total. The van der Waals surface area contributed by atoms with Gasteiger partial charge in [-0.1, -0.05) is 13.8 Å². The Kier molecular flexibility index (Phi) is 7.68. The predicted molar refractivity (Wildman–Crippen MR) is 76.0 cm³/mol. The normalized spacial score (nSPS) is 13.4. The molecule has 19 heavy (non-hydrogen) atoms. The molecule has 0 heterocycles. The summed E-state index contributed by atoms with van der Waals surface area (Å²) in [5.41, 5.74) is -0.101. The van der Waals surface area contributed by atoms with E-state index < -0.39 is 5.97 Å². The smallest absolute Gasteiger partial charge is 0.303 e. The molecule has 0 radical (unpaired) electrons. The number of hydrogen-bond acceptors (Lipinski definition) is 3. The lowest BCUT2D eigenvalue weighted by Gasteiger charge is -2.21. The van der Waals surface area contributed by atoms with Crippen molar-refractivity contribution in [2.24, 2.45) is 11.8 Å². The van der Waals surface area contributed by atoms with Crippen LogP contribution in [-0.2, 0) is 9.59 Å². The average molecular weight is 272 g/mol. The van der Waals surface area contributed by atoms with E-state index in [2.05, 4.69) is 24.5 Å². The molecule has 0 rings (SSSR count). The molecule has 1 amide bonds. The summed E-state index contributed by atoms with van der Waals surface area (Å²) in [4.78, 5) is 22.4. The van der Waals surface area contributed by atoms with Crippen LogP contribution in [0.1, 0.15) is 47.5 Å². The number of hydrogen-bond donors (Lipinski definition) is 3. The Hall–Kier alpha value is -1.10. The van der Waals surface area contributed by atoms with E-state index in [9.17, 15) is 9.59 Å². The van der Waals surface area contributed by atoms with Crippen molar-refractivity contribution >= 4 is 11.9 Å². The Labute approximate surface area is 116 Å². The molecule has 5 heteroatoms. The van der Waals surface area contributed by atoms with E-state index >= 15 is 0 Å². The second-order valence-electron chi connectivity index (χ2n) is 6.50. The molecule has 0 aliphatic heterocycles. The molecule has 0 aromatic heterocycles. The first-order chi connectivity index (χ1) is 8.60. The summed E-state index contributed by atoms with van der Waals surface area (Å²) < 4.78 is 0. The van der Waals surface area contributed by atoms with Gasteiger partial charge >= 0.3 is 5.97 Å². The minimum absolute atomic E-state index is 0.00362. The van der Waals surface area contributed by atoms with Crippen LogP contribution in [0.5, 0.6) is 0 Å². The standard InChI is InChI=1S/C14H28N2O3/c1-10(2)6-11(7-13(18)19)8-15-12(17)9-16-14(3,4)5/h10-11,16H,6-9H2,1-5H3,(H,15,17)(H,18,19)/t11-/m0/s1. The maximum absolute atomic E-state index is 11.6. The highest BCUT2D eigenvalue weighted by Crippen LogP contribution is 2.14. The lowest BCUT2D eigenvalue weighted by molar-refractivity contribution is -0.138. The number of rotatable bonds is 8. The number of carboxylic acid groups (broad SMARTS) is 1. The number of aliphatic carboxylic acids is 1. The van der Waals surface area contributed by atoms with E-state index in [4.69, 9.17) is 5.11 Å². The van der Waals surface area contributed by atoms with Crippen molar-refractivity contribution in [3.05, 3.63) is 0 Å². The fraction of sp³-hybridized carbons (Fsp3) is 0.857. The molecule has 5 nitrogen and oxygen atoms in total. The van der Waals surface area contributed by atoms with Gasteiger partial charge in [0.1, 0.15) is 0 Å². The Balaban J connectivity index is 4.08. The van der Waals surface area contributed by atoms with Gasteiger partial charge in [-0.15, -0.1) is 0 Å². The van der Waals surface area contributed by atoms with Crippen molar-refractivity contribution in [2.75, 3.05) is 13.1 Å². The van der Waals surface area contributed by atoms with Gasteiger partial charge in [-0.25, -0.2) is 0 Å². The van der Waals surface area contributed by atoms with Gasteiger partial charge < -0.3 is 15.7 Å². The summed E-state index contributed by atoms with van der Waals surface area (Å²) in [5.74, 6) is -0.480. The van der Waals surface area contributed by atoms with Crippen molar-refractivity contribution in [2.45, 2.75) is 53.0 Å². The Morgan fingerprint density at radius 2 is 1.79 bits per heavy atom. The van der Waals surface area contributed by atoms with Crippen LogP contribution in [0.3, 0.4) is 0 Å². The summed E-state index contributed by atoms with van der Waals surface area (Å²) in [6.07, 6.45) is 0.907. The molecule has 0 aliphatic carbocycles. The molecule has 1 atom stereocenters. The van der Waals surface area contributed by atoms with Crippen LogP contribution in [0.15, 0.2) is 0 Å². The van der Waals surface area contributed by atoms with E-state index in [1.807, 2.05) is 20.8 Å².